The average molecular weight is 370 g/mol. The van der Waals surface area contributed by atoms with E-state index >= 15 is 0 Å². The van der Waals surface area contributed by atoms with Crippen LogP contribution in [0, 0.1) is 5.92 Å². The lowest BCUT2D eigenvalue weighted by Gasteiger charge is -2.42. The predicted molar refractivity (Wildman–Crippen MR) is 111 cm³/mol. The van der Waals surface area contributed by atoms with Crippen LogP contribution in [0.1, 0.15) is 46.5 Å². The molecule has 0 aromatic rings. The van der Waals surface area contributed by atoms with Crippen molar-refractivity contribution in [2.24, 2.45) is 5.92 Å². The molecule has 3 aliphatic rings. The lowest BCUT2D eigenvalue weighted by atomic mass is 9.75. The van der Waals surface area contributed by atoms with Crippen molar-refractivity contribution in [1.82, 2.24) is 5.32 Å². The van der Waals surface area contributed by atoms with E-state index in [4.69, 9.17) is 4.74 Å². The van der Waals surface area contributed by atoms with Crippen LogP contribution in [0.5, 0.6) is 0 Å². The summed E-state index contributed by atoms with van der Waals surface area (Å²) in [6, 6.07) is 0.506. The monoisotopic (exact) mass is 369 g/mol. The van der Waals surface area contributed by atoms with E-state index in [-0.39, 0.29) is 23.9 Å². The Morgan fingerprint density at radius 2 is 2.19 bits per heavy atom. The molecule has 3 heteroatoms. The number of allylic oxidation sites excluding steroid dienone is 7. The first-order chi connectivity index (χ1) is 13.1. The first-order valence-electron chi connectivity index (χ1n) is 10.1. The van der Waals surface area contributed by atoms with E-state index in [9.17, 15) is 4.39 Å². The van der Waals surface area contributed by atoms with Gasteiger partial charge in [0.1, 0.15) is 5.83 Å². The molecule has 0 saturated heterocycles. The third kappa shape index (κ3) is 4.25. The van der Waals surface area contributed by atoms with Crippen molar-refractivity contribution in [3.05, 3.63) is 70.7 Å². The molecule has 1 aliphatic heterocycles. The van der Waals surface area contributed by atoms with Gasteiger partial charge < -0.3 is 10.1 Å². The molecular formula is C24H32FNO. The lowest BCUT2D eigenvalue weighted by Crippen LogP contribution is -2.52. The highest BCUT2D eigenvalue weighted by atomic mass is 19.1. The van der Waals surface area contributed by atoms with Gasteiger partial charge in [0.15, 0.2) is 0 Å². The van der Waals surface area contributed by atoms with Crippen LogP contribution in [0.3, 0.4) is 0 Å². The quantitative estimate of drug-likeness (QED) is 0.626. The summed E-state index contributed by atoms with van der Waals surface area (Å²) in [7, 11) is 1.77. The van der Waals surface area contributed by atoms with Crippen LogP contribution in [0.25, 0.3) is 0 Å². The van der Waals surface area contributed by atoms with Gasteiger partial charge in [-0.1, -0.05) is 60.1 Å². The SMILES string of the molecule is CC=CC=C(CC)C1CC(C)=C2C=C(C3CC=CC=C3F)CC(OC)C2N1. The summed E-state index contributed by atoms with van der Waals surface area (Å²) < 4.78 is 20.3. The molecule has 0 radical (unpaired) electrons. The van der Waals surface area contributed by atoms with Gasteiger partial charge in [0.25, 0.3) is 0 Å². The third-order valence-electron chi connectivity index (χ3n) is 6.07. The summed E-state index contributed by atoms with van der Waals surface area (Å²) in [5.41, 5.74) is 5.26. The van der Waals surface area contributed by atoms with Crippen molar-refractivity contribution < 1.29 is 9.13 Å². The molecule has 0 fully saturated rings. The highest BCUT2D eigenvalue weighted by Crippen LogP contribution is 2.40. The molecule has 4 unspecified atom stereocenters. The summed E-state index contributed by atoms with van der Waals surface area (Å²) in [5.74, 6) is -0.160. The number of hydrogen-bond donors (Lipinski definition) is 1. The number of ether oxygens (including phenoxy) is 1. The first kappa shape index (κ1) is 20.0. The second-order valence-electron chi connectivity index (χ2n) is 7.72. The number of halogens is 1. The standard InChI is InChI=1S/C24H32FNO/c1-5-7-10-17(6-2)22-13-16(3)20-14-18(15-23(27-4)24(20)26-22)19-11-8-9-12-21(19)25/h5,7-10,12,14,19,22-24,26H,6,11,13,15H2,1-4H3. The third-order valence-corrected chi connectivity index (χ3v) is 6.07. The van der Waals surface area contributed by atoms with Crippen LogP contribution < -0.4 is 5.32 Å². The Kier molecular flexibility index (Phi) is 6.67. The lowest BCUT2D eigenvalue weighted by molar-refractivity contribution is 0.0695. The Hall–Kier alpha value is -1.71. The van der Waals surface area contributed by atoms with Crippen LogP contribution in [-0.4, -0.2) is 25.3 Å². The molecule has 3 rings (SSSR count). The van der Waals surface area contributed by atoms with Crippen LogP contribution in [0.4, 0.5) is 4.39 Å². The van der Waals surface area contributed by atoms with Gasteiger partial charge in [-0.2, -0.15) is 0 Å². The minimum atomic E-state index is -0.132. The molecular weight excluding hydrogens is 337 g/mol. The van der Waals surface area contributed by atoms with Gasteiger partial charge in [-0.3, -0.25) is 0 Å². The molecule has 0 aromatic heterocycles. The van der Waals surface area contributed by atoms with Crippen molar-refractivity contribution in [2.45, 2.75) is 64.6 Å². The van der Waals surface area contributed by atoms with Crippen molar-refractivity contribution in [3.8, 4) is 0 Å². The van der Waals surface area contributed by atoms with Crippen molar-refractivity contribution in [1.29, 1.82) is 0 Å². The number of hydrogen-bond acceptors (Lipinski definition) is 2. The topological polar surface area (TPSA) is 21.3 Å². The zero-order valence-electron chi connectivity index (χ0n) is 17.0. The Labute approximate surface area is 163 Å². The normalized spacial score (nSPS) is 31.8. The zero-order chi connectivity index (χ0) is 19.4. The fourth-order valence-electron chi connectivity index (χ4n) is 4.52. The largest absolute Gasteiger partial charge is 0.379 e. The van der Waals surface area contributed by atoms with Gasteiger partial charge in [0, 0.05) is 19.1 Å². The molecule has 4 atom stereocenters. The molecule has 0 saturated carbocycles. The van der Waals surface area contributed by atoms with Crippen LogP contribution in [0.2, 0.25) is 0 Å². The number of methoxy groups -OCH3 is 1. The van der Waals surface area contributed by atoms with E-state index < -0.39 is 0 Å². The maximum atomic E-state index is 14.4. The van der Waals surface area contributed by atoms with Crippen molar-refractivity contribution in [3.63, 3.8) is 0 Å². The number of rotatable bonds is 5. The van der Waals surface area contributed by atoms with Gasteiger partial charge in [-0.25, -0.2) is 4.39 Å². The van der Waals surface area contributed by atoms with E-state index in [1.54, 1.807) is 13.2 Å². The second kappa shape index (κ2) is 8.99. The van der Waals surface area contributed by atoms with Gasteiger partial charge in [-0.15, -0.1) is 0 Å². The fraction of sp³-hybridized carbons (Fsp3) is 0.500. The summed E-state index contributed by atoms with van der Waals surface area (Å²) >= 11 is 0. The Morgan fingerprint density at radius 3 is 2.85 bits per heavy atom. The summed E-state index contributed by atoms with van der Waals surface area (Å²) in [6.07, 6.45) is 17.7. The van der Waals surface area contributed by atoms with E-state index in [1.807, 2.05) is 13.0 Å². The second-order valence-corrected chi connectivity index (χ2v) is 7.72. The molecule has 0 bridgehead atoms. The molecule has 2 nitrogen and oxygen atoms in total. The Morgan fingerprint density at radius 1 is 1.37 bits per heavy atom. The van der Waals surface area contributed by atoms with Crippen molar-refractivity contribution >= 4 is 0 Å². The molecule has 2 aliphatic carbocycles. The molecule has 1 N–H and O–H groups in total. The van der Waals surface area contributed by atoms with Crippen LogP contribution in [-0.2, 0) is 4.74 Å². The fourth-order valence-corrected chi connectivity index (χ4v) is 4.52. The van der Waals surface area contributed by atoms with E-state index in [0.29, 0.717) is 6.04 Å². The van der Waals surface area contributed by atoms with Gasteiger partial charge >= 0.3 is 0 Å². The predicted octanol–water partition coefficient (Wildman–Crippen LogP) is 5.72. The minimum absolute atomic E-state index is 0.0282. The molecule has 27 heavy (non-hydrogen) atoms. The van der Waals surface area contributed by atoms with Gasteiger partial charge in [0.2, 0.25) is 0 Å². The summed E-state index contributed by atoms with van der Waals surface area (Å²) in [4.78, 5) is 0. The van der Waals surface area contributed by atoms with Crippen LogP contribution in [0.15, 0.2) is 70.7 Å². The highest BCUT2D eigenvalue weighted by molar-refractivity contribution is 5.44. The summed E-state index contributed by atoms with van der Waals surface area (Å²) in [6.45, 7) is 6.48. The maximum absolute atomic E-state index is 14.4. The minimum Gasteiger partial charge on any atom is -0.379 e. The van der Waals surface area contributed by atoms with E-state index in [1.165, 1.54) is 16.7 Å². The van der Waals surface area contributed by atoms with E-state index in [0.717, 1.165) is 31.3 Å². The van der Waals surface area contributed by atoms with E-state index in [2.05, 4.69) is 49.5 Å². The molecule has 0 aromatic carbocycles. The van der Waals surface area contributed by atoms with Crippen LogP contribution >= 0.6 is 0 Å². The number of nitrogens with one attached hydrogen (secondary N) is 1. The molecule has 146 valence electrons. The summed E-state index contributed by atoms with van der Waals surface area (Å²) in [5, 5.41) is 3.83. The van der Waals surface area contributed by atoms with Crippen molar-refractivity contribution in [2.75, 3.05) is 7.11 Å². The average Bonchev–Trinajstić information content (AvgIpc) is 2.68. The highest BCUT2D eigenvalue weighted by Gasteiger charge is 2.38. The zero-order valence-corrected chi connectivity index (χ0v) is 17.0. The first-order valence-corrected chi connectivity index (χ1v) is 10.1. The van der Waals surface area contributed by atoms with Gasteiger partial charge in [0.05, 0.1) is 12.1 Å². The molecule has 0 amide bonds. The Balaban J connectivity index is 1.92. The number of fused-ring (bicyclic) bond motifs is 1. The smallest absolute Gasteiger partial charge is 0.107 e. The Bertz CT molecular complexity index is 737. The molecule has 1 heterocycles. The van der Waals surface area contributed by atoms with Gasteiger partial charge in [-0.05, 0) is 51.2 Å². The maximum Gasteiger partial charge on any atom is 0.107 e. The molecule has 0 spiro atoms.